The summed E-state index contributed by atoms with van der Waals surface area (Å²) >= 11 is 5.73. The molecule has 2 aromatic carbocycles. The van der Waals surface area contributed by atoms with Crippen molar-refractivity contribution in [3.63, 3.8) is 0 Å². The fourth-order valence-corrected chi connectivity index (χ4v) is 3.21. The van der Waals surface area contributed by atoms with Gasteiger partial charge in [0.25, 0.3) is 9.05 Å². The Balaban J connectivity index is 2.69. The number of aromatic carboxylic acids is 1. The highest BCUT2D eigenvalue weighted by molar-refractivity contribution is 8.13. The molecule has 0 fully saturated rings. The number of rotatable bonds is 4. The van der Waals surface area contributed by atoms with Crippen molar-refractivity contribution in [3.05, 3.63) is 64.2 Å². The monoisotopic (exact) mass is 358 g/mol. The Labute approximate surface area is 135 Å². The molecular weight excluding hydrogens is 351 g/mol. The zero-order valence-electron chi connectivity index (χ0n) is 10.8. The van der Waals surface area contributed by atoms with Crippen LogP contribution >= 0.6 is 22.3 Å². The fraction of sp³-hybridized carbons (Fsp3) is 0. The summed E-state index contributed by atoms with van der Waals surface area (Å²) in [4.78, 5) is 23.2. The maximum Gasteiger partial charge on any atom is 0.336 e. The van der Waals surface area contributed by atoms with Crippen molar-refractivity contribution in [1.29, 1.82) is 0 Å². The Hall–Kier alpha value is -1.89. The van der Waals surface area contributed by atoms with E-state index in [-0.39, 0.29) is 21.7 Å². The van der Waals surface area contributed by atoms with Crippen molar-refractivity contribution in [1.82, 2.24) is 0 Å². The molecule has 0 aliphatic heterocycles. The molecular formula is C14H8Cl2O5S. The summed E-state index contributed by atoms with van der Waals surface area (Å²) in [6.07, 6.45) is 0. The Kier molecular flexibility index (Phi) is 4.55. The highest BCUT2D eigenvalue weighted by Gasteiger charge is 2.24. The van der Waals surface area contributed by atoms with E-state index in [2.05, 4.69) is 0 Å². The highest BCUT2D eigenvalue weighted by Crippen LogP contribution is 2.27. The number of carboxylic acids is 1. The summed E-state index contributed by atoms with van der Waals surface area (Å²) in [7, 11) is 1.09. The molecule has 0 unspecified atom stereocenters. The number of benzene rings is 2. The molecule has 0 radical (unpaired) electrons. The van der Waals surface area contributed by atoms with Crippen molar-refractivity contribution in [2.45, 2.75) is 4.90 Å². The molecule has 2 rings (SSSR count). The second kappa shape index (κ2) is 6.08. The van der Waals surface area contributed by atoms with Gasteiger partial charge in [0.15, 0.2) is 5.78 Å². The summed E-state index contributed by atoms with van der Waals surface area (Å²) < 4.78 is 23.2. The van der Waals surface area contributed by atoms with Crippen LogP contribution in [0.1, 0.15) is 26.3 Å². The lowest BCUT2D eigenvalue weighted by Crippen LogP contribution is -2.12. The minimum atomic E-state index is -4.22. The minimum Gasteiger partial charge on any atom is -0.478 e. The summed E-state index contributed by atoms with van der Waals surface area (Å²) in [6.45, 7) is 0. The molecule has 22 heavy (non-hydrogen) atoms. The van der Waals surface area contributed by atoms with E-state index in [0.29, 0.717) is 0 Å². The maximum atomic E-state index is 12.5. The van der Waals surface area contributed by atoms with Gasteiger partial charge >= 0.3 is 5.97 Å². The van der Waals surface area contributed by atoms with Gasteiger partial charge in [0.05, 0.1) is 10.5 Å². The van der Waals surface area contributed by atoms with Gasteiger partial charge in [-0.15, -0.1) is 0 Å². The Morgan fingerprint density at radius 2 is 1.55 bits per heavy atom. The standard InChI is InChI=1S/C14H8Cl2O5S/c15-8-5-6-11(12(7-8)22(16,20)21)13(17)9-3-1-2-4-10(9)14(18)19/h1-7H,(H,18,19). The molecule has 5 nitrogen and oxygen atoms in total. The van der Waals surface area contributed by atoms with E-state index in [1.165, 1.54) is 36.4 Å². The molecule has 0 atom stereocenters. The van der Waals surface area contributed by atoms with Crippen LogP contribution in [0.5, 0.6) is 0 Å². The van der Waals surface area contributed by atoms with E-state index in [0.717, 1.165) is 6.07 Å². The third kappa shape index (κ3) is 3.30. The van der Waals surface area contributed by atoms with Gasteiger partial charge in [-0.1, -0.05) is 29.8 Å². The molecule has 2 aromatic rings. The summed E-state index contributed by atoms with van der Waals surface area (Å²) in [6, 6.07) is 9.04. The van der Waals surface area contributed by atoms with Gasteiger partial charge in [-0.2, -0.15) is 0 Å². The summed E-state index contributed by atoms with van der Waals surface area (Å²) in [5, 5.41) is 9.20. The average molecular weight is 359 g/mol. The number of ketones is 1. The first-order valence-corrected chi connectivity index (χ1v) is 8.52. The van der Waals surface area contributed by atoms with Crippen LogP contribution in [0.15, 0.2) is 47.4 Å². The number of hydrogen-bond acceptors (Lipinski definition) is 4. The van der Waals surface area contributed by atoms with E-state index in [4.69, 9.17) is 27.4 Å². The van der Waals surface area contributed by atoms with E-state index in [9.17, 15) is 18.0 Å². The summed E-state index contributed by atoms with van der Waals surface area (Å²) in [5.74, 6) is -2.07. The molecule has 1 N–H and O–H groups in total. The number of carboxylic acid groups (broad SMARTS) is 1. The van der Waals surface area contributed by atoms with Crippen molar-refractivity contribution in [3.8, 4) is 0 Å². The Bertz CT molecular complexity index is 875. The van der Waals surface area contributed by atoms with Gasteiger partial charge in [0.2, 0.25) is 0 Å². The smallest absolute Gasteiger partial charge is 0.336 e. The second-order valence-corrected chi connectivity index (χ2v) is 7.23. The van der Waals surface area contributed by atoms with Crippen LogP contribution in [0.2, 0.25) is 5.02 Å². The van der Waals surface area contributed by atoms with Crippen molar-refractivity contribution in [2.75, 3.05) is 0 Å². The number of carbonyl (C=O) groups is 2. The van der Waals surface area contributed by atoms with Crippen LogP contribution in [0, 0.1) is 0 Å². The van der Waals surface area contributed by atoms with Crippen molar-refractivity contribution >= 4 is 43.1 Å². The van der Waals surface area contributed by atoms with Crippen LogP contribution in [-0.4, -0.2) is 25.3 Å². The van der Waals surface area contributed by atoms with Crippen LogP contribution < -0.4 is 0 Å². The SMILES string of the molecule is O=C(O)c1ccccc1C(=O)c1ccc(Cl)cc1S(=O)(=O)Cl. The molecule has 0 saturated carbocycles. The van der Waals surface area contributed by atoms with Crippen LogP contribution in [0.25, 0.3) is 0 Å². The predicted molar refractivity (Wildman–Crippen MR) is 81.3 cm³/mol. The average Bonchev–Trinajstić information content (AvgIpc) is 2.45. The largest absolute Gasteiger partial charge is 0.478 e. The van der Waals surface area contributed by atoms with Crippen molar-refractivity contribution in [2.24, 2.45) is 0 Å². The number of halogens is 2. The molecule has 114 valence electrons. The molecule has 0 aromatic heterocycles. The second-order valence-electron chi connectivity index (χ2n) is 4.26. The first-order valence-electron chi connectivity index (χ1n) is 5.83. The van der Waals surface area contributed by atoms with E-state index in [1.54, 1.807) is 0 Å². The molecule has 0 heterocycles. The number of hydrogen-bond donors (Lipinski definition) is 1. The molecule has 0 aliphatic carbocycles. The Morgan fingerprint density at radius 3 is 2.09 bits per heavy atom. The molecule has 0 amide bonds. The molecule has 0 spiro atoms. The third-order valence-electron chi connectivity index (χ3n) is 2.85. The van der Waals surface area contributed by atoms with Gasteiger partial charge in [-0.3, -0.25) is 4.79 Å². The third-order valence-corrected chi connectivity index (χ3v) is 4.45. The van der Waals surface area contributed by atoms with E-state index >= 15 is 0 Å². The van der Waals surface area contributed by atoms with Gasteiger partial charge in [-0.05, 0) is 24.3 Å². The zero-order chi connectivity index (χ0) is 16.5. The van der Waals surface area contributed by atoms with Crippen molar-refractivity contribution < 1.29 is 23.1 Å². The highest BCUT2D eigenvalue weighted by atomic mass is 35.7. The fourth-order valence-electron chi connectivity index (χ4n) is 1.90. The normalized spacial score (nSPS) is 11.2. The quantitative estimate of drug-likeness (QED) is 0.669. The van der Waals surface area contributed by atoms with Crippen LogP contribution in [0.4, 0.5) is 0 Å². The Morgan fingerprint density at radius 1 is 0.955 bits per heavy atom. The topological polar surface area (TPSA) is 88.5 Å². The maximum absolute atomic E-state index is 12.5. The molecule has 0 bridgehead atoms. The molecule has 8 heteroatoms. The first-order chi connectivity index (χ1) is 10.2. The van der Waals surface area contributed by atoms with Crippen LogP contribution in [0.3, 0.4) is 0 Å². The van der Waals surface area contributed by atoms with Gasteiger partial charge in [0.1, 0.15) is 0 Å². The van der Waals surface area contributed by atoms with Gasteiger partial charge < -0.3 is 5.11 Å². The lowest BCUT2D eigenvalue weighted by Gasteiger charge is -2.09. The molecule has 0 saturated heterocycles. The molecule has 0 aliphatic rings. The number of carbonyl (C=O) groups excluding carboxylic acids is 1. The first kappa shape index (κ1) is 16.5. The minimum absolute atomic E-state index is 0.0855. The van der Waals surface area contributed by atoms with Crippen LogP contribution in [-0.2, 0) is 9.05 Å². The predicted octanol–water partition coefficient (Wildman–Crippen LogP) is 3.20. The van der Waals surface area contributed by atoms with E-state index in [1.807, 2.05) is 0 Å². The lowest BCUT2D eigenvalue weighted by molar-refractivity contribution is 0.0692. The zero-order valence-corrected chi connectivity index (χ0v) is 13.1. The van der Waals surface area contributed by atoms with Gasteiger partial charge in [-0.25, -0.2) is 13.2 Å². The summed E-state index contributed by atoms with van der Waals surface area (Å²) in [5.41, 5.74) is -0.618. The van der Waals surface area contributed by atoms with Gasteiger partial charge in [0, 0.05) is 26.8 Å². The lowest BCUT2D eigenvalue weighted by atomic mass is 9.98. The van der Waals surface area contributed by atoms with E-state index < -0.39 is 25.7 Å².